The highest BCUT2D eigenvalue weighted by Crippen LogP contribution is 2.42. The van der Waals surface area contributed by atoms with E-state index in [4.69, 9.17) is 4.42 Å². The molecule has 1 fully saturated rings. The zero-order valence-corrected chi connectivity index (χ0v) is 15.8. The van der Waals surface area contributed by atoms with Gasteiger partial charge in [0.05, 0.1) is 5.69 Å². The third kappa shape index (κ3) is 2.80. The average Bonchev–Trinajstić information content (AvgIpc) is 3.13. The summed E-state index contributed by atoms with van der Waals surface area (Å²) in [7, 11) is 2.17. The van der Waals surface area contributed by atoms with Crippen molar-refractivity contribution in [3.63, 3.8) is 0 Å². The number of anilines is 2. The summed E-state index contributed by atoms with van der Waals surface area (Å²) in [6.45, 7) is 0. The zero-order valence-electron chi connectivity index (χ0n) is 15.8. The second kappa shape index (κ2) is 6.77. The topological polar surface area (TPSA) is 16.4 Å². The summed E-state index contributed by atoms with van der Waals surface area (Å²) in [6, 6.07) is 23.7. The van der Waals surface area contributed by atoms with Crippen molar-refractivity contribution in [1.82, 2.24) is 0 Å². The Hall–Kier alpha value is -2.74. The standard InChI is InChI=1S/C25H25NO/c1-26(22-15-7-5-12-19(22)18-10-3-2-4-11-18)23-16-9-14-21-20-13-6-8-17-24(20)27-25(21)23/h5-9,12-18H,2-4,10-11H2,1H3. The molecule has 0 amide bonds. The second-order valence-electron chi connectivity index (χ2n) is 7.70. The normalized spacial score (nSPS) is 15.4. The van der Waals surface area contributed by atoms with Gasteiger partial charge in [-0.2, -0.15) is 0 Å². The summed E-state index contributed by atoms with van der Waals surface area (Å²) in [4.78, 5) is 2.31. The average molecular weight is 355 g/mol. The Kier molecular flexibility index (Phi) is 4.12. The van der Waals surface area contributed by atoms with Gasteiger partial charge in [-0.1, -0.05) is 67.8 Å². The van der Waals surface area contributed by atoms with Gasteiger partial charge in [0.2, 0.25) is 0 Å². The van der Waals surface area contributed by atoms with Gasteiger partial charge in [0.15, 0.2) is 5.58 Å². The van der Waals surface area contributed by atoms with E-state index in [2.05, 4.69) is 72.6 Å². The van der Waals surface area contributed by atoms with Gasteiger partial charge in [-0.15, -0.1) is 0 Å². The van der Waals surface area contributed by atoms with E-state index in [1.54, 1.807) is 0 Å². The molecule has 1 aliphatic rings. The SMILES string of the molecule is CN(c1ccccc1C1CCCCC1)c1cccc2c1oc1ccccc12. The van der Waals surface area contributed by atoms with Crippen LogP contribution in [0.5, 0.6) is 0 Å². The minimum absolute atomic E-state index is 0.673. The molecule has 1 saturated carbocycles. The van der Waals surface area contributed by atoms with Gasteiger partial charge in [0.1, 0.15) is 5.58 Å². The maximum absolute atomic E-state index is 6.27. The van der Waals surface area contributed by atoms with Crippen LogP contribution >= 0.6 is 0 Å². The van der Waals surface area contributed by atoms with E-state index in [1.165, 1.54) is 54.1 Å². The van der Waals surface area contributed by atoms with Gasteiger partial charge in [-0.25, -0.2) is 0 Å². The number of hydrogen-bond acceptors (Lipinski definition) is 2. The number of fused-ring (bicyclic) bond motifs is 3. The van der Waals surface area contributed by atoms with Crippen molar-refractivity contribution in [3.8, 4) is 0 Å². The molecule has 1 aliphatic carbocycles. The van der Waals surface area contributed by atoms with Crippen molar-refractivity contribution in [2.45, 2.75) is 38.0 Å². The van der Waals surface area contributed by atoms with Crippen LogP contribution in [0.25, 0.3) is 21.9 Å². The fraction of sp³-hybridized carbons (Fsp3) is 0.280. The van der Waals surface area contributed by atoms with Gasteiger partial charge >= 0.3 is 0 Å². The molecule has 1 aromatic heterocycles. The summed E-state index contributed by atoms with van der Waals surface area (Å²) < 4.78 is 6.27. The molecule has 2 heteroatoms. The molecule has 1 heterocycles. The van der Waals surface area contributed by atoms with Gasteiger partial charge in [0, 0.05) is 23.5 Å². The molecule has 136 valence electrons. The van der Waals surface area contributed by atoms with E-state index in [0.717, 1.165) is 16.9 Å². The van der Waals surface area contributed by atoms with Gasteiger partial charge in [-0.3, -0.25) is 0 Å². The molecule has 4 aromatic rings. The van der Waals surface area contributed by atoms with Gasteiger partial charge in [0.25, 0.3) is 0 Å². The van der Waals surface area contributed by atoms with E-state index in [1.807, 2.05) is 6.07 Å². The Labute approximate surface area is 160 Å². The Bertz CT molecular complexity index is 1090. The molecule has 0 unspecified atom stereocenters. The molecule has 27 heavy (non-hydrogen) atoms. The van der Waals surface area contributed by atoms with Crippen LogP contribution in [0.4, 0.5) is 11.4 Å². The van der Waals surface area contributed by atoms with Crippen LogP contribution in [0.2, 0.25) is 0 Å². The quantitative estimate of drug-likeness (QED) is 0.380. The highest BCUT2D eigenvalue weighted by molar-refractivity contribution is 6.09. The number of rotatable bonds is 3. The van der Waals surface area contributed by atoms with E-state index in [-0.39, 0.29) is 0 Å². The molecular formula is C25H25NO. The highest BCUT2D eigenvalue weighted by atomic mass is 16.3. The van der Waals surface area contributed by atoms with Crippen molar-refractivity contribution in [3.05, 3.63) is 72.3 Å². The summed E-state index contributed by atoms with van der Waals surface area (Å²) in [5.74, 6) is 0.673. The van der Waals surface area contributed by atoms with Crippen LogP contribution in [-0.4, -0.2) is 7.05 Å². The van der Waals surface area contributed by atoms with Gasteiger partial charge in [-0.05, 0) is 42.5 Å². The van der Waals surface area contributed by atoms with E-state index < -0.39 is 0 Å². The molecule has 3 aromatic carbocycles. The van der Waals surface area contributed by atoms with Gasteiger partial charge < -0.3 is 9.32 Å². The van der Waals surface area contributed by atoms with Crippen molar-refractivity contribution in [1.29, 1.82) is 0 Å². The molecule has 0 aliphatic heterocycles. The van der Waals surface area contributed by atoms with Crippen LogP contribution in [0.15, 0.2) is 71.1 Å². The maximum atomic E-state index is 6.27. The molecule has 2 nitrogen and oxygen atoms in total. The fourth-order valence-electron chi connectivity index (χ4n) is 4.68. The Morgan fingerprint density at radius 2 is 1.44 bits per heavy atom. The lowest BCUT2D eigenvalue weighted by molar-refractivity contribution is 0.444. The monoisotopic (exact) mass is 355 g/mol. The Morgan fingerprint density at radius 1 is 0.741 bits per heavy atom. The molecule has 0 spiro atoms. The number of hydrogen-bond donors (Lipinski definition) is 0. The van der Waals surface area contributed by atoms with E-state index in [9.17, 15) is 0 Å². The minimum Gasteiger partial charge on any atom is -0.454 e. The Balaban J connectivity index is 1.63. The Morgan fingerprint density at radius 3 is 2.33 bits per heavy atom. The first-order valence-electron chi connectivity index (χ1n) is 10.1. The van der Waals surface area contributed by atoms with Crippen molar-refractivity contribution in [2.75, 3.05) is 11.9 Å². The summed E-state index contributed by atoms with van der Waals surface area (Å²) >= 11 is 0. The molecule has 0 N–H and O–H groups in total. The number of furan rings is 1. The first kappa shape index (κ1) is 16.4. The third-order valence-corrected chi connectivity index (χ3v) is 6.09. The number of nitrogens with zero attached hydrogens (tertiary/aromatic N) is 1. The van der Waals surface area contributed by atoms with Crippen LogP contribution in [-0.2, 0) is 0 Å². The summed E-state index contributed by atoms with van der Waals surface area (Å²) in [5.41, 5.74) is 5.84. The molecule has 0 saturated heterocycles. The number of para-hydroxylation sites is 3. The van der Waals surface area contributed by atoms with Crippen molar-refractivity contribution < 1.29 is 4.42 Å². The largest absolute Gasteiger partial charge is 0.454 e. The lowest BCUT2D eigenvalue weighted by Crippen LogP contribution is -2.15. The summed E-state index contributed by atoms with van der Waals surface area (Å²) in [5, 5.41) is 2.37. The summed E-state index contributed by atoms with van der Waals surface area (Å²) in [6.07, 6.45) is 6.69. The van der Waals surface area contributed by atoms with E-state index in [0.29, 0.717) is 5.92 Å². The van der Waals surface area contributed by atoms with Crippen LogP contribution in [0, 0.1) is 0 Å². The van der Waals surface area contributed by atoms with Crippen molar-refractivity contribution in [2.24, 2.45) is 0 Å². The lowest BCUT2D eigenvalue weighted by atomic mass is 9.83. The van der Waals surface area contributed by atoms with Crippen molar-refractivity contribution >= 4 is 33.3 Å². The first-order chi connectivity index (χ1) is 13.3. The first-order valence-corrected chi connectivity index (χ1v) is 10.1. The molecule has 0 bridgehead atoms. The number of benzene rings is 3. The zero-order chi connectivity index (χ0) is 18.2. The molecule has 0 radical (unpaired) electrons. The third-order valence-electron chi connectivity index (χ3n) is 6.09. The van der Waals surface area contributed by atoms with Crippen LogP contribution < -0.4 is 4.90 Å². The van der Waals surface area contributed by atoms with Crippen LogP contribution in [0.1, 0.15) is 43.6 Å². The predicted molar refractivity (Wildman–Crippen MR) is 114 cm³/mol. The second-order valence-corrected chi connectivity index (χ2v) is 7.70. The molecular weight excluding hydrogens is 330 g/mol. The smallest absolute Gasteiger partial charge is 0.159 e. The minimum atomic E-state index is 0.673. The molecule has 5 rings (SSSR count). The predicted octanol–water partition coefficient (Wildman–Crippen LogP) is 7.40. The lowest BCUT2D eigenvalue weighted by Gasteiger charge is -2.29. The highest BCUT2D eigenvalue weighted by Gasteiger charge is 2.21. The maximum Gasteiger partial charge on any atom is 0.159 e. The molecule has 0 atom stereocenters. The van der Waals surface area contributed by atoms with Crippen LogP contribution in [0.3, 0.4) is 0 Å². The fourth-order valence-corrected chi connectivity index (χ4v) is 4.68. The van der Waals surface area contributed by atoms with E-state index >= 15 is 0 Å².